The molecule has 0 aliphatic rings. The van der Waals surface area contributed by atoms with Crippen molar-refractivity contribution in [3.8, 4) is 0 Å². The fourth-order valence-corrected chi connectivity index (χ4v) is 1.95. The molecule has 0 atom stereocenters. The van der Waals surface area contributed by atoms with Crippen LogP contribution in [0.5, 0.6) is 0 Å². The summed E-state index contributed by atoms with van der Waals surface area (Å²) in [5, 5.41) is 0. The van der Waals surface area contributed by atoms with Crippen LogP contribution in [0.2, 0.25) is 0 Å². The smallest absolute Gasteiger partial charge is 0.166 e. The Morgan fingerprint density at radius 2 is 1.50 bits per heavy atom. The van der Waals surface area contributed by atoms with Crippen LogP contribution in [0, 0.1) is 6.92 Å². The van der Waals surface area contributed by atoms with Gasteiger partial charge in [-0.2, -0.15) is 13.2 Å². The molecule has 0 spiro atoms. The van der Waals surface area contributed by atoms with Gasteiger partial charge in [-0.15, -0.1) is 0 Å². The van der Waals surface area contributed by atoms with Gasteiger partial charge in [0.1, 0.15) is 0 Å². The summed E-state index contributed by atoms with van der Waals surface area (Å²) in [6, 6.07) is 13.2. The van der Waals surface area contributed by atoms with Crippen molar-refractivity contribution in [2.24, 2.45) is 0 Å². The minimum Gasteiger partial charge on any atom is -0.166 e. The number of hydrogen-bond donors (Lipinski definition) is 0. The summed E-state index contributed by atoms with van der Waals surface area (Å²) < 4.78 is 37.4. The van der Waals surface area contributed by atoms with E-state index in [0.29, 0.717) is 6.42 Å². The van der Waals surface area contributed by atoms with Gasteiger partial charge in [0.25, 0.3) is 0 Å². The lowest BCUT2D eigenvalue weighted by Gasteiger charge is -2.10. The van der Waals surface area contributed by atoms with Crippen LogP contribution in [0.15, 0.2) is 55.1 Å². The standard InChI is InChI=1S/C17H15F3/c1-12-3-5-14(6-4-12)11-13(2)15-7-9-16(10-8-15)17(18,19)20/h3-10H,2,11H2,1H3. The fourth-order valence-electron chi connectivity index (χ4n) is 1.95. The molecule has 2 aromatic rings. The third-order valence-corrected chi connectivity index (χ3v) is 3.16. The highest BCUT2D eigenvalue weighted by molar-refractivity contribution is 5.65. The van der Waals surface area contributed by atoms with Gasteiger partial charge in [-0.1, -0.05) is 48.5 Å². The molecule has 2 rings (SSSR count). The van der Waals surface area contributed by atoms with Crippen molar-refractivity contribution < 1.29 is 13.2 Å². The molecule has 2 aromatic carbocycles. The summed E-state index contributed by atoms with van der Waals surface area (Å²) in [4.78, 5) is 0. The van der Waals surface area contributed by atoms with Crippen LogP contribution in [-0.4, -0.2) is 0 Å². The van der Waals surface area contributed by atoms with Crippen molar-refractivity contribution in [3.05, 3.63) is 77.4 Å². The van der Waals surface area contributed by atoms with Crippen molar-refractivity contribution in [3.63, 3.8) is 0 Å². The Bertz CT molecular complexity index is 590. The first-order valence-electron chi connectivity index (χ1n) is 6.27. The first-order valence-corrected chi connectivity index (χ1v) is 6.27. The van der Waals surface area contributed by atoms with Crippen LogP contribution >= 0.6 is 0 Å². The average Bonchev–Trinajstić information content (AvgIpc) is 2.40. The van der Waals surface area contributed by atoms with E-state index in [2.05, 4.69) is 6.58 Å². The van der Waals surface area contributed by atoms with Gasteiger partial charge < -0.3 is 0 Å². The monoisotopic (exact) mass is 276 g/mol. The molecule has 0 unspecified atom stereocenters. The van der Waals surface area contributed by atoms with E-state index in [0.717, 1.165) is 28.8 Å². The first-order chi connectivity index (χ1) is 9.36. The van der Waals surface area contributed by atoms with E-state index in [-0.39, 0.29) is 0 Å². The molecule has 20 heavy (non-hydrogen) atoms. The lowest BCUT2D eigenvalue weighted by Crippen LogP contribution is -2.04. The lowest BCUT2D eigenvalue weighted by atomic mass is 9.98. The Morgan fingerprint density at radius 1 is 0.950 bits per heavy atom. The van der Waals surface area contributed by atoms with Crippen LogP contribution in [0.3, 0.4) is 0 Å². The molecule has 0 heterocycles. The van der Waals surface area contributed by atoms with E-state index in [1.165, 1.54) is 17.7 Å². The molecular formula is C17H15F3. The molecule has 0 saturated heterocycles. The van der Waals surface area contributed by atoms with E-state index < -0.39 is 11.7 Å². The average molecular weight is 276 g/mol. The molecule has 0 N–H and O–H groups in total. The highest BCUT2D eigenvalue weighted by Gasteiger charge is 2.29. The number of aryl methyl sites for hydroxylation is 1. The number of rotatable bonds is 3. The Labute approximate surface area is 116 Å². The summed E-state index contributed by atoms with van der Waals surface area (Å²) in [7, 11) is 0. The SMILES string of the molecule is C=C(Cc1ccc(C)cc1)c1ccc(C(F)(F)F)cc1. The molecule has 0 aliphatic heterocycles. The number of halogens is 3. The maximum atomic E-state index is 12.5. The van der Waals surface area contributed by atoms with Gasteiger partial charge in [-0.25, -0.2) is 0 Å². The summed E-state index contributed by atoms with van der Waals surface area (Å²) in [6.07, 6.45) is -3.66. The quantitative estimate of drug-likeness (QED) is 0.716. The Balaban J connectivity index is 2.11. The fraction of sp³-hybridized carbons (Fsp3) is 0.176. The molecule has 104 valence electrons. The molecule has 3 heteroatoms. The molecule has 0 fully saturated rings. The summed E-state index contributed by atoms with van der Waals surface area (Å²) in [5.74, 6) is 0. The van der Waals surface area contributed by atoms with Gasteiger partial charge in [0.15, 0.2) is 0 Å². The maximum Gasteiger partial charge on any atom is 0.416 e. The van der Waals surface area contributed by atoms with Crippen LogP contribution in [0.4, 0.5) is 13.2 Å². The molecule has 0 radical (unpaired) electrons. The molecule has 0 aromatic heterocycles. The number of alkyl halides is 3. The summed E-state index contributed by atoms with van der Waals surface area (Å²) >= 11 is 0. The predicted molar refractivity (Wildman–Crippen MR) is 75.4 cm³/mol. The highest BCUT2D eigenvalue weighted by Crippen LogP contribution is 2.30. The van der Waals surface area contributed by atoms with Gasteiger partial charge in [0, 0.05) is 0 Å². The number of benzene rings is 2. The Kier molecular flexibility index (Phi) is 3.98. The number of hydrogen-bond acceptors (Lipinski definition) is 0. The first kappa shape index (κ1) is 14.4. The van der Waals surface area contributed by atoms with Gasteiger partial charge in [-0.05, 0) is 42.2 Å². The minimum absolute atomic E-state index is 0.631. The van der Waals surface area contributed by atoms with Gasteiger partial charge in [-0.3, -0.25) is 0 Å². The van der Waals surface area contributed by atoms with Gasteiger partial charge in [0.05, 0.1) is 5.56 Å². The van der Waals surface area contributed by atoms with Crippen molar-refractivity contribution in [1.82, 2.24) is 0 Å². The van der Waals surface area contributed by atoms with Crippen molar-refractivity contribution in [2.45, 2.75) is 19.5 Å². The van der Waals surface area contributed by atoms with E-state index in [9.17, 15) is 13.2 Å². The predicted octanol–water partition coefficient (Wildman–Crippen LogP) is 5.27. The second-order valence-electron chi connectivity index (χ2n) is 4.84. The second-order valence-corrected chi connectivity index (χ2v) is 4.84. The highest BCUT2D eigenvalue weighted by atomic mass is 19.4. The van der Waals surface area contributed by atoms with E-state index in [1.54, 1.807) is 0 Å². The van der Waals surface area contributed by atoms with E-state index >= 15 is 0 Å². The summed E-state index contributed by atoms with van der Waals surface area (Å²) in [6.45, 7) is 5.96. The molecule has 0 amide bonds. The molecule has 0 bridgehead atoms. The topological polar surface area (TPSA) is 0 Å². The van der Waals surface area contributed by atoms with Gasteiger partial charge >= 0.3 is 6.18 Å². The lowest BCUT2D eigenvalue weighted by molar-refractivity contribution is -0.137. The minimum atomic E-state index is -4.29. The Morgan fingerprint density at radius 3 is 2.00 bits per heavy atom. The van der Waals surface area contributed by atoms with Crippen LogP contribution in [0.1, 0.15) is 22.3 Å². The Hall–Kier alpha value is -2.03. The second kappa shape index (κ2) is 5.53. The largest absolute Gasteiger partial charge is 0.416 e. The summed E-state index contributed by atoms with van der Waals surface area (Å²) in [5.41, 5.74) is 3.18. The number of allylic oxidation sites excluding steroid dienone is 1. The van der Waals surface area contributed by atoms with Crippen LogP contribution in [-0.2, 0) is 12.6 Å². The van der Waals surface area contributed by atoms with Crippen molar-refractivity contribution in [1.29, 1.82) is 0 Å². The van der Waals surface area contributed by atoms with Crippen molar-refractivity contribution in [2.75, 3.05) is 0 Å². The van der Waals surface area contributed by atoms with E-state index in [1.807, 2.05) is 31.2 Å². The molecule has 0 aliphatic carbocycles. The van der Waals surface area contributed by atoms with Crippen LogP contribution < -0.4 is 0 Å². The van der Waals surface area contributed by atoms with E-state index in [4.69, 9.17) is 0 Å². The molecule has 0 nitrogen and oxygen atoms in total. The maximum absolute atomic E-state index is 12.5. The van der Waals surface area contributed by atoms with Crippen molar-refractivity contribution >= 4 is 5.57 Å². The third-order valence-electron chi connectivity index (χ3n) is 3.16. The molecule has 0 saturated carbocycles. The zero-order chi connectivity index (χ0) is 14.8. The third kappa shape index (κ3) is 3.50. The zero-order valence-corrected chi connectivity index (χ0v) is 11.2. The molecular weight excluding hydrogens is 261 g/mol. The van der Waals surface area contributed by atoms with Crippen LogP contribution in [0.25, 0.3) is 5.57 Å². The normalized spacial score (nSPS) is 11.4. The zero-order valence-electron chi connectivity index (χ0n) is 11.2. The van der Waals surface area contributed by atoms with Gasteiger partial charge in [0.2, 0.25) is 0 Å².